The molecule has 20 heavy (non-hydrogen) atoms. The summed E-state index contributed by atoms with van der Waals surface area (Å²) in [6.07, 6.45) is 1.87. The zero-order chi connectivity index (χ0) is 15.3. The van der Waals surface area contributed by atoms with Crippen LogP contribution < -0.4 is 11.1 Å². The maximum Gasteiger partial charge on any atom is 0.274 e. The molecule has 3 N–H and O–H groups in total. The Kier molecular flexibility index (Phi) is 6.09. The molecule has 6 nitrogen and oxygen atoms in total. The quantitative estimate of drug-likeness (QED) is 0.612. The summed E-state index contributed by atoms with van der Waals surface area (Å²) >= 11 is 3.29. The monoisotopic (exact) mass is 343 g/mol. The number of nitrogens with two attached hydrogens (primary N) is 1. The summed E-state index contributed by atoms with van der Waals surface area (Å²) in [6, 6.07) is 2.77. The van der Waals surface area contributed by atoms with Gasteiger partial charge in [0.05, 0.1) is 10.6 Å². The molecule has 0 aliphatic carbocycles. The topological polar surface area (TPSA) is 98.3 Å². The Morgan fingerprint density at radius 1 is 1.55 bits per heavy atom. The number of hydrogen-bond acceptors (Lipinski definition) is 4. The summed E-state index contributed by atoms with van der Waals surface area (Å²) in [5, 5.41) is 13.5. The third kappa shape index (κ3) is 4.57. The van der Waals surface area contributed by atoms with Crippen LogP contribution in [-0.2, 0) is 4.79 Å². The molecule has 0 aliphatic heterocycles. The highest BCUT2D eigenvalue weighted by Gasteiger charge is 2.16. The molecule has 0 bridgehead atoms. The first kappa shape index (κ1) is 16.6. The van der Waals surface area contributed by atoms with Gasteiger partial charge in [0.2, 0.25) is 5.91 Å². The Morgan fingerprint density at radius 2 is 2.20 bits per heavy atom. The molecule has 0 fully saturated rings. The molecule has 1 aromatic carbocycles. The fourth-order valence-corrected chi connectivity index (χ4v) is 2.42. The van der Waals surface area contributed by atoms with Gasteiger partial charge in [0.15, 0.2) is 0 Å². The number of carbonyl (C=O) groups is 1. The minimum absolute atomic E-state index is 0.0265. The summed E-state index contributed by atoms with van der Waals surface area (Å²) < 4.78 is 0.609. The molecule has 1 rings (SSSR count). The molecule has 110 valence electrons. The summed E-state index contributed by atoms with van der Waals surface area (Å²) in [5.41, 5.74) is 6.69. The molecule has 1 aromatic rings. The van der Waals surface area contributed by atoms with Crippen LogP contribution in [0.1, 0.15) is 31.7 Å². The highest BCUT2D eigenvalue weighted by Crippen LogP contribution is 2.30. The molecule has 0 radical (unpaired) electrons. The number of rotatable bonds is 6. The number of nitrogens with one attached hydrogen (secondary N) is 1. The van der Waals surface area contributed by atoms with Crippen LogP contribution in [0.15, 0.2) is 16.6 Å². The molecule has 0 aliphatic rings. The number of nitro benzene ring substituents is 1. The van der Waals surface area contributed by atoms with Gasteiger partial charge in [-0.2, -0.15) is 0 Å². The van der Waals surface area contributed by atoms with Gasteiger partial charge in [-0.3, -0.25) is 14.9 Å². The van der Waals surface area contributed by atoms with E-state index in [-0.39, 0.29) is 24.1 Å². The summed E-state index contributed by atoms with van der Waals surface area (Å²) in [6.45, 7) is 3.64. The van der Waals surface area contributed by atoms with Crippen molar-refractivity contribution in [1.29, 1.82) is 0 Å². The van der Waals surface area contributed by atoms with Crippen molar-refractivity contribution in [3.05, 3.63) is 32.3 Å². The Bertz CT molecular complexity index is 520. The van der Waals surface area contributed by atoms with Crippen LogP contribution in [0, 0.1) is 17.0 Å². The predicted octanol–water partition coefficient (Wildman–Crippen LogP) is 3.12. The van der Waals surface area contributed by atoms with Gasteiger partial charge < -0.3 is 11.1 Å². The average molecular weight is 344 g/mol. The number of carbonyl (C=O) groups excluding carboxylic acids is 1. The van der Waals surface area contributed by atoms with Gasteiger partial charge in [0.1, 0.15) is 0 Å². The summed E-state index contributed by atoms with van der Waals surface area (Å²) in [4.78, 5) is 22.3. The van der Waals surface area contributed by atoms with Gasteiger partial charge in [0, 0.05) is 28.6 Å². The second-order valence-corrected chi connectivity index (χ2v) is 5.53. The second kappa shape index (κ2) is 7.35. The smallest absolute Gasteiger partial charge is 0.274 e. The van der Waals surface area contributed by atoms with Crippen molar-refractivity contribution in [2.45, 2.75) is 39.2 Å². The lowest BCUT2D eigenvalue weighted by Crippen LogP contribution is -2.27. The third-order valence-electron chi connectivity index (χ3n) is 2.86. The van der Waals surface area contributed by atoms with E-state index in [1.165, 1.54) is 6.07 Å². The third-order valence-corrected chi connectivity index (χ3v) is 3.52. The standard InChI is InChI=1S/C13H18BrN3O3/c1-3-4-9(15)6-13(18)16-11-7-12(17(19)20)8(2)5-10(11)14/h5,7,9H,3-4,6,15H2,1-2H3,(H,16,18). The van der Waals surface area contributed by atoms with Crippen LogP contribution >= 0.6 is 15.9 Å². The molecule has 0 aromatic heterocycles. The lowest BCUT2D eigenvalue weighted by Gasteiger charge is -2.12. The molecule has 1 unspecified atom stereocenters. The molecule has 0 saturated heterocycles. The Labute approximate surface area is 126 Å². The largest absolute Gasteiger partial charge is 0.327 e. The van der Waals surface area contributed by atoms with Crippen LogP contribution in [0.3, 0.4) is 0 Å². The van der Waals surface area contributed by atoms with E-state index in [1.807, 2.05) is 6.92 Å². The number of nitrogens with zero attached hydrogens (tertiary/aromatic N) is 1. The molecular weight excluding hydrogens is 326 g/mol. The molecule has 0 spiro atoms. The van der Waals surface area contributed by atoms with E-state index < -0.39 is 4.92 Å². The van der Waals surface area contributed by atoms with Crippen LogP contribution in [0.2, 0.25) is 0 Å². The van der Waals surface area contributed by atoms with Gasteiger partial charge in [0.25, 0.3) is 5.69 Å². The number of aryl methyl sites for hydroxylation is 1. The van der Waals surface area contributed by atoms with Crippen LogP contribution in [0.25, 0.3) is 0 Å². The van der Waals surface area contributed by atoms with E-state index in [0.717, 1.165) is 12.8 Å². The van der Waals surface area contributed by atoms with Crippen LogP contribution in [0.5, 0.6) is 0 Å². The molecule has 0 heterocycles. The molecule has 1 amide bonds. The number of anilines is 1. The highest BCUT2D eigenvalue weighted by molar-refractivity contribution is 9.10. The number of nitro groups is 1. The first-order valence-corrected chi connectivity index (χ1v) is 7.14. The number of benzene rings is 1. The zero-order valence-electron chi connectivity index (χ0n) is 11.5. The normalized spacial score (nSPS) is 12.0. The first-order chi connectivity index (χ1) is 9.35. The Balaban J connectivity index is 2.84. The van der Waals surface area contributed by atoms with Gasteiger partial charge >= 0.3 is 0 Å². The fraction of sp³-hybridized carbons (Fsp3) is 0.462. The van der Waals surface area contributed by atoms with E-state index in [0.29, 0.717) is 15.7 Å². The van der Waals surface area contributed by atoms with E-state index in [9.17, 15) is 14.9 Å². The van der Waals surface area contributed by atoms with E-state index in [4.69, 9.17) is 5.73 Å². The maximum absolute atomic E-state index is 11.8. The molecule has 1 atom stereocenters. The van der Waals surface area contributed by atoms with E-state index in [2.05, 4.69) is 21.2 Å². The van der Waals surface area contributed by atoms with Crippen molar-refractivity contribution in [3.63, 3.8) is 0 Å². The Morgan fingerprint density at radius 3 is 2.75 bits per heavy atom. The maximum atomic E-state index is 11.8. The molecule has 7 heteroatoms. The van der Waals surface area contributed by atoms with Gasteiger partial charge in [-0.1, -0.05) is 13.3 Å². The van der Waals surface area contributed by atoms with Crippen molar-refractivity contribution in [2.24, 2.45) is 5.73 Å². The van der Waals surface area contributed by atoms with Crippen molar-refractivity contribution in [3.8, 4) is 0 Å². The fourth-order valence-electron chi connectivity index (χ4n) is 1.87. The summed E-state index contributed by atoms with van der Waals surface area (Å²) in [5.74, 6) is -0.246. The van der Waals surface area contributed by atoms with Crippen LogP contribution in [0.4, 0.5) is 11.4 Å². The average Bonchev–Trinajstić information content (AvgIpc) is 2.32. The van der Waals surface area contributed by atoms with Gasteiger partial charge in [-0.25, -0.2) is 0 Å². The lowest BCUT2D eigenvalue weighted by molar-refractivity contribution is -0.385. The first-order valence-electron chi connectivity index (χ1n) is 6.35. The Hall–Kier alpha value is -1.47. The van der Waals surface area contributed by atoms with Gasteiger partial charge in [-0.15, -0.1) is 0 Å². The predicted molar refractivity (Wildman–Crippen MR) is 81.7 cm³/mol. The highest BCUT2D eigenvalue weighted by atomic mass is 79.9. The number of amides is 1. The van der Waals surface area contributed by atoms with Gasteiger partial charge in [-0.05, 0) is 35.3 Å². The number of hydrogen-bond donors (Lipinski definition) is 2. The number of halogens is 1. The lowest BCUT2D eigenvalue weighted by atomic mass is 10.1. The minimum Gasteiger partial charge on any atom is -0.327 e. The molecular formula is C13H18BrN3O3. The van der Waals surface area contributed by atoms with Crippen molar-refractivity contribution in [2.75, 3.05) is 5.32 Å². The van der Waals surface area contributed by atoms with E-state index in [1.54, 1.807) is 13.0 Å². The van der Waals surface area contributed by atoms with E-state index >= 15 is 0 Å². The van der Waals surface area contributed by atoms with Crippen molar-refractivity contribution >= 4 is 33.2 Å². The summed E-state index contributed by atoms with van der Waals surface area (Å²) in [7, 11) is 0. The van der Waals surface area contributed by atoms with Crippen LogP contribution in [-0.4, -0.2) is 16.9 Å². The van der Waals surface area contributed by atoms with Crippen molar-refractivity contribution < 1.29 is 9.72 Å². The zero-order valence-corrected chi connectivity index (χ0v) is 13.1. The molecule has 0 saturated carbocycles. The second-order valence-electron chi connectivity index (χ2n) is 4.68. The SMILES string of the molecule is CCCC(N)CC(=O)Nc1cc([N+](=O)[O-])c(C)cc1Br. The minimum atomic E-state index is -0.472. The van der Waals surface area contributed by atoms with Crippen molar-refractivity contribution in [1.82, 2.24) is 0 Å².